The normalized spacial score (nSPS) is 25.1. The second kappa shape index (κ2) is 5.04. The summed E-state index contributed by atoms with van der Waals surface area (Å²) in [6.45, 7) is 12.1. The van der Waals surface area contributed by atoms with Gasteiger partial charge in [0.05, 0.1) is 6.54 Å². The van der Waals surface area contributed by atoms with Crippen molar-refractivity contribution in [2.24, 2.45) is 0 Å². The molecule has 0 aliphatic carbocycles. The number of nitrogens with zero attached hydrogens (tertiary/aromatic N) is 2. The number of aromatic nitrogens is 1. The summed E-state index contributed by atoms with van der Waals surface area (Å²) in [5.74, 6) is 0. The Hall–Kier alpha value is -0.450. The summed E-state index contributed by atoms with van der Waals surface area (Å²) < 4.78 is 0. The molecule has 1 aromatic rings. The van der Waals surface area contributed by atoms with Gasteiger partial charge in [-0.1, -0.05) is 6.92 Å². The topological polar surface area (TPSA) is 28.2 Å². The molecule has 0 radical (unpaired) electrons. The Morgan fingerprint density at radius 1 is 1.59 bits per heavy atom. The predicted molar refractivity (Wildman–Crippen MR) is 73.4 cm³/mol. The first-order valence-electron chi connectivity index (χ1n) is 6.40. The van der Waals surface area contributed by atoms with Crippen molar-refractivity contribution in [1.82, 2.24) is 15.2 Å². The molecule has 1 aromatic heterocycles. The maximum absolute atomic E-state index is 4.58. The standard InChI is InChI=1S/C13H23N3S/c1-5-11-6-14-13(3,4)9-16(11)7-12-15-10(2)8-17-12/h8,11,14H,5-7,9H2,1-4H3. The molecule has 1 saturated heterocycles. The van der Waals surface area contributed by atoms with Crippen LogP contribution in [-0.2, 0) is 6.54 Å². The third kappa shape index (κ3) is 3.27. The van der Waals surface area contributed by atoms with Crippen LogP contribution in [0.1, 0.15) is 37.9 Å². The largest absolute Gasteiger partial charge is 0.309 e. The summed E-state index contributed by atoms with van der Waals surface area (Å²) in [5.41, 5.74) is 1.37. The summed E-state index contributed by atoms with van der Waals surface area (Å²) in [5, 5.41) is 7.01. The van der Waals surface area contributed by atoms with Crippen LogP contribution in [0.2, 0.25) is 0 Å². The van der Waals surface area contributed by atoms with Gasteiger partial charge in [0.25, 0.3) is 0 Å². The molecule has 1 fully saturated rings. The SMILES string of the molecule is CCC1CNC(C)(C)CN1Cc1nc(C)cs1. The van der Waals surface area contributed by atoms with E-state index in [1.165, 1.54) is 11.4 Å². The van der Waals surface area contributed by atoms with Crippen LogP contribution in [0.25, 0.3) is 0 Å². The molecule has 0 aromatic carbocycles. The fourth-order valence-electron chi connectivity index (χ4n) is 2.45. The van der Waals surface area contributed by atoms with Crippen LogP contribution in [0.5, 0.6) is 0 Å². The number of piperazine rings is 1. The highest BCUT2D eigenvalue weighted by Gasteiger charge is 2.31. The molecular weight excluding hydrogens is 230 g/mol. The minimum atomic E-state index is 0.220. The Balaban J connectivity index is 2.05. The van der Waals surface area contributed by atoms with Gasteiger partial charge in [0.15, 0.2) is 0 Å². The lowest BCUT2D eigenvalue weighted by Crippen LogP contribution is -2.60. The summed E-state index contributed by atoms with van der Waals surface area (Å²) in [6, 6.07) is 0.646. The van der Waals surface area contributed by atoms with Crippen molar-refractivity contribution in [3.63, 3.8) is 0 Å². The zero-order chi connectivity index (χ0) is 12.5. The molecule has 1 unspecified atom stereocenters. The van der Waals surface area contributed by atoms with Gasteiger partial charge in [0.1, 0.15) is 5.01 Å². The van der Waals surface area contributed by atoms with E-state index in [4.69, 9.17) is 0 Å². The van der Waals surface area contributed by atoms with Crippen LogP contribution in [0.3, 0.4) is 0 Å². The van der Waals surface area contributed by atoms with Crippen molar-refractivity contribution in [1.29, 1.82) is 0 Å². The Morgan fingerprint density at radius 3 is 2.94 bits per heavy atom. The number of rotatable bonds is 3. The van der Waals surface area contributed by atoms with Crippen molar-refractivity contribution in [2.75, 3.05) is 13.1 Å². The number of aryl methyl sites for hydroxylation is 1. The van der Waals surface area contributed by atoms with E-state index in [2.05, 4.69) is 48.3 Å². The Kier molecular flexibility index (Phi) is 3.85. The summed E-state index contributed by atoms with van der Waals surface area (Å²) in [7, 11) is 0. The maximum atomic E-state index is 4.58. The van der Waals surface area contributed by atoms with Crippen molar-refractivity contribution in [3.05, 3.63) is 16.1 Å². The third-order valence-electron chi connectivity index (χ3n) is 3.41. The average molecular weight is 253 g/mol. The van der Waals surface area contributed by atoms with E-state index in [1.807, 2.05) is 0 Å². The smallest absolute Gasteiger partial charge is 0.107 e. The second-order valence-corrected chi connectivity index (χ2v) is 6.56. The van der Waals surface area contributed by atoms with Gasteiger partial charge in [-0.05, 0) is 27.2 Å². The fourth-order valence-corrected chi connectivity index (χ4v) is 3.25. The molecule has 0 bridgehead atoms. The highest BCUT2D eigenvalue weighted by atomic mass is 32.1. The summed E-state index contributed by atoms with van der Waals surface area (Å²) >= 11 is 1.78. The number of nitrogens with one attached hydrogen (secondary N) is 1. The van der Waals surface area contributed by atoms with Crippen molar-refractivity contribution in [3.8, 4) is 0 Å². The molecule has 3 nitrogen and oxygen atoms in total. The highest BCUT2D eigenvalue weighted by molar-refractivity contribution is 7.09. The monoisotopic (exact) mass is 253 g/mol. The first-order valence-corrected chi connectivity index (χ1v) is 7.28. The number of hydrogen-bond acceptors (Lipinski definition) is 4. The molecule has 1 aliphatic rings. The maximum Gasteiger partial charge on any atom is 0.107 e. The van der Waals surface area contributed by atoms with Gasteiger partial charge < -0.3 is 5.32 Å². The summed E-state index contributed by atoms with van der Waals surface area (Å²) in [6.07, 6.45) is 1.20. The van der Waals surface area contributed by atoms with Crippen molar-refractivity contribution in [2.45, 2.75) is 52.2 Å². The Morgan fingerprint density at radius 2 is 2.35 bits per heavy atom. The molecule has 0 saturated carbocycles. The van der Waals surface area contributed by atoms with Gasteiger partial charge in [-0.15, -0.1) is 11.3 Å². The molecule has 1 aliphatic heterocycles. The highest BCUT2D eigenvalue weighted by Crippen LogP contribution is 2.21. The molecule has 2 rings (SSSR count). The third-order valence-corrected chi connectivity index (χ3v) is 4.36. The van der Waals surface area contributed by atoms with Crippen LogP contribution in [0, 0.1) is 6.92 Å². The number of hydrogen-bond donors (Lipinski definition) is 1. The van der Waals surface area contributed by atoms with Gasteiger partial charge >= 0.3 is 0 Å². The molecule has 2 heterocycles. The van der Waals surface area contributed by atoms with Gasteiger partial charge in [0.2, 0.25) is 0 Å². The molecule has 17 heavy (non-hydrogen) atoms. The summed E-state index contributed by atoms with van der Waals surface area (Å²) in [4.78, 5) is 7.16. The van der Waals surface area contributed by atoms with Gasteiger partial charge in [-0.3, -0.25) is 4.90 Å². The molecule has 1 atom stereocenters. The molecule has 0 amide bonds. The zero-order valence-electron chi connectivity index (χ0n) is 11.3. The van der Waals surface area contributed by atoms with E-state index in [9.17, 15) is 0 Å². The van der Waals surface area contributed by atoms with Gasteiger partial charge in [0, 0.05) is 35.7 Å². The molecule has 96 valence electrons. The molecule has 4 heteroatoms. The van der Waals surface area contributed by atoms with Crippen LogP contribution in [0.15, 0.2) is 5.38 Å². The van der Waals surface area contributed by atoms with Crippen LogP contribution in [-0.4, -0.2) is 34.6 Å². The lowest BCUT2D eigenvalue weighted by atomic mass is 9.98. The Labute approximate surface area is 108 Å². The first-order chi connectivity index (χ1) is 8.00. The molecular formula is C13H23N3S. The van der Waals surface area contributed by atoms with E-state index < -0.39 is 0 Å². The predicted octanol–water partition coefficient (Wildman–Crippen LogP) is 2.41. The second-order valence-electron chi connectivity index (χ2n) is 5.61. The van der Waals surface area contributed by atoms with Crippen molar-refractivity contribution < 1.29 is 0 Å². The van der Waals surface area contributed by atoms with E-state index in [-0.39, 0.29) is 5.54 Å². The van der Waals surface area contributed by atoms with E-state index in [1.54, 1.807) is 11.3 Å². The van der Waals surface area contributed by atoms with E-state index >= 15 is 0 Å². The molecule has 0 spiro atoms. The van der Waals surface area contributed by atoms with Gasteiger partial charge in [-0.25, -0.2) is 4.98 Å². The lowest BCUT2D eigenvalue weighted by molar-refractivity contribution is 0.0857. The zero-order valence-corrected chi connectivity index (χ0v) is 12.1. The first kappa shape index (κ1) is 13.0. The quantitative estimate of drug-likeness (QED) is 0.896. The van der Waals surface area contributed by atoms with Crippen LogP contribution >= 0.6 is 11.3 Å². The minimum Gasteiger partial charge on any atom is -0.309 e. The lowest BCUT2D eigenvalue weighted by Gasteiger charge is -2.44. The number of thiazole rings is 1. The van der Waals surface area contributed by atoms with Gasteiger partial charge in [-0.2, -0.15) is 0 Å². The van der Waals surface area contributed by atoms with Crippen LogP contribution < -0.4 is 5.32 Å². The molecule has 1 N–H and O–H groups in total. The van der Waals surface area contributed by atoms with E-state index in [0.29, 0.717) is 6.04 Å². The van der Waals surface area contributed by atoms with Crippen molar-refractivity contribution >= 4 is 11.3 Å². The van der Waals surface area contributed by atoms with Crippen LogP contribution in [0.4, 0.5) is 0 Å². The van der Waals surface area contributed by atoms with E-state index in [0.717, 1.165) is 25.3 Å². The Bertz CT molecular complexity index is 372. The fraction of sp³-hybridized carbons (Fsp3) is 0.769. The average Bonchev–Trinajstić information content (AvgIpc) is 2.63. The minimum absolute atomic E-state index is 0.220.